The van der Waals surface area contributed by atoms with Gasteiger partial charge in [0.15, 0.2) is 17.3 Å². The number of fused-ring (bicyclic) bond motifs is 1. The van der Waals surface area contributed by atoms with Gasteiger partial charge in [-0.25, -0.2) is 8.42 Å². The van der Waals surface area contributed by atoms with Crippen molar-refractivity contribution in [3.63, 3.8) is 0 Å². The maximum atomic E-state index is 12.9. The molecule has 9 heteroatoms. The molecule has 1 saturated heterocycles. The van der Waals surface area contributed by atoms with Crippen LogP contribution < -0.4 is 14.4 Å². The van der Waals surface area contributed by atoms with Gasteiger partial charge in [-0.2, -0.15) is 4.31 Å². The molecule has 2 aliphatic rings. The molecule has 2 aromatic carbocycles. The van der Waals surface area contributed by atoms with E-state index in [-0.39, 0.29) is 6.79 Å². The van der Waals surface area contributed by atoms with Crippen LogP contribution in [0.1, 0.15) is 5.56 Å². The highest BCUT2D eigenvalue weighted by Gasteiger charge is 2.29. The first kappa shape index (κ1) is 19.8. The summed E-state index contributed by atoms with van der Waals surface area (Å²) in [7, 11) is -3.48. The van der Waals surface area contributed by atoms with Crippen LogP contribution >= 0.6 is 0 Å². The highest BCUT2D eigenvalue weighted by molar-refractivity contribution is 7.89. The quantitative estimate of drug-likeness (QED) is 0.619. The Morgan fingerprint density at radius 3 is 2.29 bits per heavy atom. The zero-order valence-electron chi connectivity index (χ0n) is 17.1. The van der Waals surface area contributed by atoms with E-state index < -0.39 is 10.0 Å². The molecule has 0 spiro atoms. The van der Waals surface area contributed by atoms with Crippen LogP contribution in [0.25, 0.3) is 11.3 Å². The van der Waals surface area contributed by atoms with Gasteiger partial charge in [0, 0.05) is 31.7 Å². The molecule has 3 aromatic rings. The minimum atomic E-state index is -3.48. The lowest BCUT2D eigenvalue weighted by Crippen LogP contribution is -2.49. The molecule has 3 heterocycles. The van der Waals surface area contributed by atoms with Crippen molar-refractivity contribution in [2.75, 3.05) is 37.9 Å². The van der Waals surface area contributed by atoms with E-state index in [0.717, 1.165) is 28.4 Å². The zero-order chi connectivity index (χ0) is 21.4. The summed E-state index contributed by atoms with van der Waals surface area (Å²) >= 11 is 0. The molecule has 0 saturated carbocycles. The molecular formula is C22H22N4O4S. The van der Waals surface area contributed by atoms with Crippen LogP contribution in [0.2, 0.25) is 0 Å². The average molecular weight is 439 g/mol. The van der Waals surface area contributed by atoms with E-state index in [1.165, 1.54) is 4.31 Å². The number of aryl methyl sites for hydroxylation is 1. The Morgan fingerprint density at radius 2 is 1.58 bits per heavy atom. The first-order chi connectivity index (χ1) is 15.0. The summed E-state index contributed by atoms with van der Waals surface area (Å²) in [6, 6.07) is 16.5. The van der Waals surface area contributed by atoms with E-state index >= 15 is 0 Å². The van der Waals surface area contributed by atoms with Crippen LogP contribution in [-0.2, 0) is 10.0 Å². The van der Waals surface area contributed by atoms with Crippen molar-refractivity contribution < 1.29 is 17.9 Å². The molecule has 0 bridgehead atoms. The van der Waals surface area contributed by atoms with Gasteiger partial charge < -0.3 is 14.4 Å². The minimum Gasteiger partial charge on any atom is -0.454 e. The first-order valence-electron chi connectivity index (χ1n) is 10.1. The number of anilines is 1. The maximum absolute atomic E-state index is 12.9. The third-order valence-corrected chi connectivity index (χ3v) is 7.45. The van der Waals surface area contributed by atoms with Crippen molar-refractivity contribution in [3.05, 3.63) is 60.2 Å². The topological polar surface area (TPSA) is 84.9 Å². The number of sulfonamides is 1. The number of rotatable bonds is 4. The maximum Gasteiger partial charge on any atom is 0.243 e. The number of nitrogens with zero attached hydrogens (tertiary/aromatic N) is 4. The Balaban J connectivity index is 1.26. The summed E-state index contributed by atoms with van der Waals surface area (Å²) in [5.41, 5.74) is 2.67. The van der Waals surface area contributed by atoms with Crippen molar-refractivity contribution in [2.24, 2.45) is 0 Å². The Bertz CT molecular complexity index is 1190. The van der Waals surface area contributed by atoms with Crippen LogP contribution in [0.4, 0.5) is 5.82 Å². The van der Waals surface area contributed by atoms with Crippen LogP contribution in [0, 0.1) is 6.92 Å². The van der Waals surface area contributed by atoms with Crippen LogP contribution in [-0.4, -0.2) is 55.9 Å². The summed E-state index contributed by atoms with van der Waals surface area (Å²) in [5.74, 6) is 2.16. The Morgan fingerprint density at radius 1 is 0.839 bits per heavy atom. The van der Waals surface area contributed by atoms with Crippen molar-refractivity contribution in [2.45, 2.75) is 11.8 Å². The van der Waals surface area contributed by atoms with Gasteiger partial charge in [-0.05, 0) is 49.4 Å². The largest absolute Gasteiger partial charge is 0.454 e. The monoisotopic (exact) mass is 438 g/mol. The molecule has 5 rings (SSSR count). The Hall–Kier alpha value is -3.17. The van der Waals surface area contributed by atoms with Gasteiger partial charge in [0.2, 0.25) is 16.8 Å². The molecular weight excluding hydrogens is 416 g/mol. The SMILES string of the molecule is Cc1ccc(S(=O)(=O)N2CCN(c3ccc(-c4ccc5c(c4)OCO5)nn3)CC2)cc1. The lowest BCUT2D eigenvalue weighted by atomic mass is 10.1. The standard InChI is InChI=1S/C22H22N4O4S/c1-16-2-5-18(6-3-16)31(27,28)26-12-10-25(11-13-26)22-9-7-19(23-24-22)17-4-8-20-21(14-17)30-15-29-20/h2-9,14H,10-13,15H2,1H3. The number of ether oxygens (including phenoxy) is 2. The van der Waals surface area contributed by atoms with Crippen molar-refractivity contribution in [1.29, 1.82) is 0 Å². The second kappa shape index (κ2) is 7.82. The minimum absolute atomic E-state index is 0.231. The molecule has 0 N–H and O–H groups in total. The van der Waals surface area contributed by atoms with Crippen LogP contribution in [0.15, 0.2) is 59.5 Å². The third-order valence-electron chi connectivity index (χ3n) is 5.54. The van der Waals surface area contributed by atoms with Gasteiger partial charge in [-0.1, -0.05) is 17.7 Å². The fourth-order valence-electron chi connectivity index (χ4n) is 3.72. The first-order valence-corrected chi connectivity index (χ1v) is 11.5. The summed E-state index contributed by atoms with van der Waals surface area (Å²) < 4.78 is 38.1. The Labute approximate surface area is 181 Å². The fourth-order valence-corrected chi connectivity index (χ4v) is 5.14. The highest BCUT2D eigenvalue weighted by atomic mass is 32.2. The number of piperazine rings is 1. The zero-order valence-corrected chi connectivity index (χ0v) is 17.9. The van der Waals surface area contributed by atoms with E-state index in [4.69, 9.17) is 9.47 Å². The molecule has 0 unspecified atom stereocenters. The number of hydrogen-bond donors (Lipinski definition) is 0. The summed E-state index contributed by atoms with van der Waals surface area (Å²) in [4.78, 5) is 2.39. The van der Waals surface area contributed by atoms with Crippen molar-refractivity contribution >= 4 is 15.8 Å². The fraction of sp³-hybridized carbons (Fsp3) is 0.273. The van der Waals surface area contributed by atoms with E-state index in [2.05, 4.69) is 15.1 Å². The molecule has 0 amide bonds. The van der Waals surface area contributed by atoms with Crippen molar-refractivity contribution in [1.82, 2.24) is 14.5 Å². The second-order valence-electron chi connectivity index (χ2n) is 7.55. The molecule has 160 valence electrons. The summed E-state index contributed by atoms with van der Waals surface area (Å²) in [5, 5.41) is 8.72. The predicted octanol–water partition coefficient (Wildman–Crippen LogP) is 2.69. The molecule has 0 aliphatic carbocycles. The second-order valence-corrected chi connectivity index (χ2v) is 9.49. The van der Waals surface area contributed by atoms with E-state index in [9.17, 15) is 8.42 Å². The molecule has 0 radical (unpaired) electrons. The van der Waals surface area contributed by atoms with Gasteiger partial charge in [-0.15, -0.1) is 10.2 Å². The molecule has 31 heavy (non-hydrogen) atoms. The van der Waals surface area contributed by atoms with Gasteiger partial charge in [0.1, 0.15) is 0 Å². The van der Waals surface area contributed by atoms with Crippen LogP contribution in [0.5, 0.6) is 11.5 Å². The number of hydrogen-bond acceptors (Lipinski definition) is 7. The van der Waals surface area contributed by atoms with Gasteiger partial charge in [-0.3, -0.25) is 0 Å². The molecule has 2 aliphatic heterocycles. The Kier molecular flexibility index (Phi) is 4.99. The smallest absolute Gasteiger partial charge is 0.243 e. The molecule has 1 fully saturated rings. The van der Waals surface area contributed by atoms with Gasteiger partial charge in [0.25, 0.3) is 0 Å². The van der Waals surface area contributed by atoms with Crippen molar-refractivity contribution in [3.8, 4) is 22.8 Å². The third kappa shape index (κ3) is 3.82. The normalized spacial score (nSPS) is 16.5. The highest BCUT2D eigenvalue weighted by Crippen LogP contribution is 2.35. The van der Waals surface area contributed by atoms with E-state index in [0.29, 0.717) is 36.8 Å². The number of aromatic nitrogens is 2. The molecule has 1 aromatic heterocycles. The summed E-state index contributed by atoms with van der Waals surface area (Å²) in [6.07, 6.45) is 0. The predicted molar refractivity (Wildman–Crippen MR) is 116 cm³/mol. The lowest BCUT2D eigenvalue weighted by Gasteiger charge is -2.34. The molecule has 0 atom stereocenters. The lowest BCUT2D eigenvalue weighted by molar-refractivity contribution is 0.174. The van der Waals surface area contributed by atoms with Crippen LogP contribution in [0.3, 0.4) is 0 Å². The molecule has 8 nitrogen and oxygen atoms in total. The van der Waals surface area contributed by atoms with E-state index in [1.807, 2.05) is 49.4 Å². The van der Waals surface area contributed by atoms with E-state index in [1.54, 1.807) is 12.1 Å². The number of benzene rings is 2. The van der Waals surface area contributed by atoms with Gasteiger partial charge >= 0.3 is 0 Å². The van der Waals surface area contributed by atoms with Gasteiger partial charge in [0.05, 0.1) is 10.6 Å². The summed E-state index contributed by atoms with van der Waals surface area (Å²) in [6.45, 7) is 4.10. The average Bonchev–Trinajstić information content (AvgIpc) is 3.28.